The van der Waals surface area contributed by atoms with Crippen LogP contribution in [0.1, 0.15) is 44.7 Å². The van der Waals surface area contributed by atoms with Crippen LogP contribution in [0.2, 0.25) is 13.1 Å². The van der Waals surface area contributed by atoms with Gasteiger partial charge in [-0.15, -0.1) is 0 Å². The molecule has 2 nitrogen and oxygen atoms in total. The molecule has 0 saturated heterocycles. The molecular weight excluding hydrogens is 351 g/mol. The monoisotopic (exact) mass is 384 g/mol. The van der Waals surface area contributed by atoms with Gasteiger partial charge in [-0.1, -0.05) is 0 Å². The van der Waals surface area contributed by atoms with Gasteiger partial charge in [0, 0.05) is 0 Å². The maximum absolute atomic E-state index is 4.17. The van der Waals surface area contributed by atoms with Gasteiger partial charge in [0.25, 0.3) is 0 Å². The van der Waals surface area contributed by atoms with Crippen molar-refractivity contribution in [3.63, 3.8) is 0 Å². The van der Waals surface area contributed by atoms with Crippen molar-refractivity contribution in [3.05, 3.63) is 71.8 Å². The Hall–Kier alpha value is -1.25. The molecule has 28 heavy (non-hydrogen) atoms. The molecule has 1 unspecified atom stereocenters. The number of hydrogen-bond acceptors (Lipinski definition) is 2. The second-order valence-corrected chi connectivity index (χ2v) is 13.7. The van der Waals surface area contributed by atoms with Crippen molar-refractivity contribution in [2.24, 2.45) is 0 Å². The Kier molecular flexibility index (Phi) is 6.04. The fourth-order valence-corrected chi connectivity index (χ4v) is 8.00. The number of fused-ring (bicyclic) bond motifs is 1. The molecule has 0 amide bonds. The Morgan fingerprint density at radius 1 is 1.00 bits per heavy atom. The molecule has 1 aliphatic rings. The normalized spacial score (nSPS) is 19.4. The summed E-state index contributed by atoms with van der Waals surface area (Å²) >= 11 is 2.45. The van der Waals surface area contributed by atoms with Crippen molar-refractivity contribution >= 4 is 37.3 Å². The molecule has 3 rings (SSSR count). The molecule has 0 heterocycles. The van der Waals surface area contributed by atoms with Crippen molar-refractivity contribution in [2.45, 2.75) is 56.0 Å². The van der Waals surface area contributed by atoms with Crippen LogP contribution in [0.15, 0.2) is 60.7 Å². The first-order valence-electron chi connectivity index (χ1n) is 10.6. The standard InChI is InChI=1S/C24H33N2Si.Li/c1-7-24(3,8-2)25-27(5,6)23-18-22(20-16-12-13-17-21(20)23)26(4)19-14-10-9-11-15-19;/h9-18,25H,7-8H2,1-6H3;. The van der Waals surface area contributed by atoms with Crippen LogP contribution in [0.3, 0.4) is 0 Å². The summed E-state index contributed by atoms with van der Waals surface area (Å²) in [7, 11) is 0.324. The maximum atomic E-state index is 4.17. The topological polar surface area (TPSA) is 15.3 Å². The van der Waals surface area contributed by atoms with Crippen LogP contribution in [0.4, 0.5) is 5.69 Å². The molecule has 2 aromatic rings. The molecule has 0 radical (unpaired) electrons. The molecule has 4 heteroatoms. The SMILES string of the molecule is [Li][C]1([Si](C)(C)NC(C)(CC)CC)C=C(N(C)c2ccccc2)c2ccccc21. The van der Waals surface area contributed by atoms with Gasteiger partial charge < -0.3 is 0 Å². The summed E-state index contributed by atoms with van der Waals surface area (Å²) in [5, 5.41) is 0. The predicted molar refractivity (Wildman–Crippen MR) is 126 cm³/mol. The number of anilines is 1. The zero-order chi connectivity index (χ0) is 20.6. The Morgan fingerprint density at radius 2 is 1.57 bits per heavy atom. The van der Waals surface area contributed by atoms with E-state index in [2.05, 4.69) is 129 Å². The summed E-state index contributed by atoms with van der Waals surface area (Å²) in [4.78, 5) is 6.51. The molecule has 1 N–H and O–H groups in total. The molecule has 0 aliphatic heterocycles. The number of hydrogen-bond donors (Lipinski definition) is 1. The van der Waals surface area contributed by atoms with Crippen molar-refractivity contribution in [1.29, 1.82) is 0 Å². The van der Waals surface area contributed by atoms with E-state index in [1.54, 1.807) is 0 Å². The van der Waals surface area contributed by atoms with Crippen LogP contribution in [0, 0.1) is 0 Å². The van der Waals surface area contributed by atoms with E-state index in [1.165, 1.54) is 22.5 Å². The van der Waals surface area contributed by atoms with E-state index in [-0.39, 0.29) is 9.25 Å². The molecule has 1 atom stereocenters. The first kappa shape index (κ1) is 21.5. The molecule has 0 saturated carbocycles. The average molecular weight is 385 g/mol. The first-order valence-corrected chi connectivity index (χ1v) is 13.6. The minimum absolute atomic E-state index is 0.0353. The second kappa shape index (κ2) is 7.88. The average Bonchev–Trinajstić information content (AvgIpc) is 3.02. The van der Waals surface area contributed by atoms with Crippen LogP contribution in [0.25, 0.3) is 5.70 Å². The summed E-state index contributed by atoms with van der Waals surface area (Å²) < 4.78 is 0.0353. The van der Waals surface area contributed by atoms with E-state index in [4.69, 9.17) is 0 Å². The summed E-state index contributed by atoms with van der Waals surface area (Å²) in [6, 6.07) is 19.7. The zero-order valence-corrected chi connectivity index (χ0v) is 19.6. The number of allylic oxidation sites excluding steroid dienone is 1. The van der Waals surface area contributed by atoms with E-state index < -0.39 is 8.24 Å². The van der Waals surface area contributed by atoms with Crippen molar-refractivity contribution in [3.8, 4) is 0 Å². The molecule has 0 aromatic heterocycles. The Balaban J connectivity index is 2.09. The number of rotatable bonds is 7. The van der Waals surface area contributed by atoms with Gasteiger partial charge in [-0.3, -0.25) is 0 Å². The third-order valence-corrected chi connectivity index (χ3v) is 11.4. The molecular formula is C24H33LiN2Si. The second-order valence-electron chi connectivity index (χ2n) is 9.19. The van der Waals surface area contributed by atoms with Gasteiger partial charge >= 0.3 is 182 Å². The summed E-state index contributed by atoms with van der Waals surface area (Å²) in [5.41, 5.74) is 5.57. The molecule has 144 valence electrons. The van der Waals surface area contributed by atoms with Crippen molar-refractivity contribution in [2.75, 3.05) is 11.9 Å². The minimum atomic E-state index is -1.86. The summed E-state index contributed by atoms with van der Waals surface area (Å²) in [5.74, 6) is 0. The van der Waals surface area contributed by atoms with Crippen LogP contribution in [-0.2, 0) is 3.71 Å². The van der Waals surface area contributed by atoms with E-state index in [0.717, 1.165) is 12.8 Å². The van der Waals surface area contributed by atoms with Gasteiger partial charge in [-0.05, 0) is 0 Å². The third kappa shape index (κ3) is 3.66. The van der Waals surface area contributed by atoms with E-state index in [1.807, 2.05) is 0 Å². The van der Waals surface area contributed by atoms with Crippen LogP contribution >= 0.6 is 0 Å². The molecule has 1 aliphatic carbocycles. The Bertz CT molecular complexity index is 858. The van der Waals surface area contributed by atoms with Crippen LogP contribution in [0.5, 0.6) is 0 Å². The first-order chi connectivity index (χ1) is 13.2. The van der Waals surface area contributed by atoms with Gasteiger partial charge in [-0.2, -0.15) is 0 Å². The Morgan fingerprint density at radius 3 is 2.18 bits per heavy atom. The molecule has 0 fully saturated rings. The van der Waals surface area contributed by atoms with E-state index in [0.29, 0.717) is 0 Å². The van der Waals surface area contributed by atoms with Gasteiger partial charge in [0.05, 0.1) is 0 Å². The van der Waals surface area contributed by atoms with Gasteiger partial charge in [0.1, 0.15) is 0 Å². The summed E-state index contributed by atoms with van der Waals surface area (Å²) in [6.07, 6.45) is 4.84. The van der Waals surface area contributed by atoms with Crippen molar-refractivity contribution < 1.29 is 0 Å². The number of nitrogens with zero attached hydrogens (tertiary/aromatic N) is 1. The number of para-hydroxylation sites is 1. The number of nitrogens with one attached hydrogen (secondary N) is 1. The van der Waals surface area contributed by atoms with Crippen LogP contribution < -0.4 is 9.88 Å². The quantitative estimate of drug-likeness (QED) is 0.638. The molecule has 2 aromatic carbocycles. The van der Waals surface area contributed by atoms with Gasteiger partial charge in [0.15, 0.2) is 0 Å². The van der Waals surface area contributed by atoms with Gasteiger partial charge in [-0.25, -0.2) is 0 Å². The van der Waals surface area contributed by atoms with E-state index in [9.17, 15) is 0 Å². The zero-order valence-electron chi connectivity index (χ0n) is 18.6. The molecule has 0 spiro atoms. The third-order valence-electron chi connectivity index (χ3n) is 7.17. The fourth-order valence-electron chi connectivity index (χ4n) is 4.48. The molecule has 0 bridgehead atoms. The number of benzene rings is 2. The van der Waals surface area contributed by atoms with Crippen LogP contribution in [-0.4, -0.2) is 38.5 Å². The Labute approximate surface area is 181 Å². The van der Waals surface area contributed by atoms with Gasteiger partial charge in [0.2, 0.25) is 0 Å². The summed E-state index contributed by atoms with van der Waals surface area (Å²) in [6.45, 7) is 12.0. The fraction of sp³-hybridized carbons (Fsp3) is 0.417. The van der Waals surface area contributed by atoms with E-state index >= 15 is 0 Å². The predicted octanol–water partition coefficient (Wildman–Crippen LogP) is 5.45. The van der Waals surface area contributed by atoms with Crippen molar-refractivity contribution in [1.82, 2.24) is 4.98 Å².